The van der Waals surface area contributed by atoms with Gasteiger partial charge in [-0.1, -0.05) is 12.1 Å². The summed E-state index contributed by atoms with van der Waals surface area (Å²) in [7, 11) is -3.86. The number of benzene rings is 1. The van der Waals surface area contributed by atoms with Crippen LogP contribution in [0, 0.1) is 11.3 Å². The number of carbonyl (C=O) groups is 1. The smallest absolute Gasteiger partial charge is 0.337 e. The van der Waals surface area contributed by atoms with E-state index in [1.807, 2.05) is 6.07 Å². The van der Waals surface area contributed by atoms with Gasteiger partial charge in [-0.05, 0) is 18.6 Å². The summed E-state index contributed by atoms with van der Waals surface area (Å²) in [5.74, 6) is -1.30. The van der Waals surface area contributed by atoms with Gasteiger partial charge in [0.2, 0.25) is 10.0 Å². The minimum Gasteiger partial charge on any atom is -0.478 e. The highest BCUT2D eigenvalue weighted by atomic mass is 32.2. The number of hydrogen-bond acceptors (Lipinski definition) is 4. The molecule has 0 aliphatic carbocycles. The van der Waals surface area contributed by atoms with E-state index in [4.69, 9.17) is 10.4 Å². The minimum atomic E-state index is -3.86. The summed E-state index contributed by atoms with van der Waals surface area (Å²) in [5, 5.41) is 17.2. The largest absolute Gasteiger partial charge is 0.478 e. The number of hydrogen-bond donors (Lipinski definition) is 2. The second kappa shape index (κ2) is 6.14. The Hall–Kier alpha value is -1.91. The number of carboxylic acids is 1. The molecule has 7 heteroatoms. The molecule has 96 valence electrons. The molecular weight excluding hydrogens is 256 g/mol. The van der Waals surface area contributed by atoms with Crippen molar-refractivity contribution in [3.63, 3.8) is 0 Å². The fourth-order valence-electron chi connectivity index (χ4n) is 1.33. The van der Waals surface area contributed by atoms with Gasteiger partial charge in [0, 0.05) is 13.0 Å². The number of nitriles is 1. The molecule has 0 saturated heterocycles. The lowest BCUT2D eigenvalue weighted by Crippen LogP contribution is -2.26. The van der Waals surface area contributed by atoms with Crippen molar-refractivity contribution in [1.29, 1.82) is 5.26 Å². The van der Waals surface area contributed by atoms with Gasteiger partial charge >= 0.3 is 5.97 Å². The summed E-state index contributed by atoms with van der Waals surface area (Å²) in [6, 6.07) is 7.27. The lowest BCUT2D eigenvalue weighted by atomic mass is 10.2. The Morgan fingerprint density at radius 2 is 2.06 bits per heavy atom. The van der Waals surface area contributed by atoms with E-state index < -0.39 is 16.0 Å². The Kier molecular flexibility index (Phi) is 4.83. The highest BCUT2D eigenvalue weighted by Crippen LogP contribution is 2.15. The molecule has 1 aromatic carbocycles. The van der Waals surface area contributed by atoms with Gasteiger partial charge in [0.05, 0.1) is 16.5 Å². The molecule has 18 heavy (non-hydrogen) atoms. The fraction of sp³-hybridized carbons (Fsp3) is 0.273. The maximum atomic E-state index is 11.9. The van der Waals surface area contributed by atoms with Gasteiger partial charge in [0.25, 0.3) is 0 Å². The number of carboxylic acid groups (broad SMARTS) is 1. The first kappa shape index (κ1) is 14.2. The molecule has 2 N–H and O–H groups in total. The number of unbranched alkanes of at least 4 members (excludes halogenated alkanes) is 1. The summed E-state index contributed by atoms with van der Waals surface area (Å²) in [4.78, 5) is 10.6. The molecule has 0 fully saturated rings. The van der Waals surface area contributed by atoms with Gasteiger partial charge in [-0.25, -0.2) is 17.9 Å². The quantitative estimate of drug-likeness (QED) is 0.747. The SMILES string of the molecule is N#CCCCNS(=O)(=O)c1ccccc1C(=O)O. The highest BCUT2D eigenvalue weighted by molar-refractivity contribution is 7.89. The van der Waals surface area contributed by atoms with Crippen LogP contribution in [-0.4, -0.2) is 26.0 Å². The summed E-state index contributed by atoms with van der Waals surface area (Å²) >= 11 is 0. The zero-order chi connectivity index (χ0) is 13.6. The van der Waals surface area contributed by atoms with Crippen molar-refractivity contribution in [3.8, 4) is 6.07 Å². The Morgan fingerprint density at radius 1 is 1.39 bits per heavy atom. The molecule has 1 rings (SSSR count). The standard InChI is InChI=1S/C11H12N2O4S/c12-7-3-4-8-13-18(16,17)10-6-2-1-5-9(10)11(14)15/h1-2,5-6,13H,3-4,8H2,(H,14,15). The van der Waals surface area contributed by atoms with Crippen LogP contribution in [0.3, 0.4) is 0 Å². The summed E-state index contributed by atoms with van der Waals surface area (Å²) < 4.78 is 26.0. The monoisotopic (exact) mass is 268 g/mol. The topological polar surface area (TPSA) is 107 Å². The Balaban J connectivity index is 2.92. The predicted octanol–water partition coefficient (Wildman–Crippen LogP) is 0.967. The average molecular weight is 268 g/mol. The third-order valence-corrected chi connectivity index (χ3v) is 3.68. The molecule has 0 spiro atoms. The lowest BCUT2D eigenvalue weighted by molar-refractivity contribution is 0.0692. The Morgan fingerprint density at radius 3 is 2.67 bits per heavy atom. The van der Waals surface area contributed by atoms with E-state index in [0.717, 1.165) is 0 Å². The number of nitrogens with one attached hydrogen (secondary N) is 1. The van der Waals surface area contributed by atoms with Gasteiger partial charge in [-0.3, -0.25) is 0 Å². The van der Waals surface area contributed by atoms with Gasteiger partial charge in [0.15, 0.2) is 0 Å². The molecule has 0 heterocycles. The van der Waals surface area contributed by atoms with Crippen LogP contribution in [0.2, 0.25) is 0 Å². The Labute approximate surface area is 105 Å². The third-order valence-electron chi connectivity index (χ3n) is 2.16. The van der Waals surface area contributed by atoms with Crippen molar-refractivity contribution in [2.75, 3.05) is 6.54 Å². The predicted molar refractivity (Wildman–Crippen MR) is 63.4 cm³/mol. The first-order chi connectivity index (χ1) is 8.49. The fourth-order valence-corrected chi connectivity index (χ4v) is 2.60. The molecule has 6 nitrogen and oxygen atoms in total. The number of sulfonamides is 1. The molecule has 0 bridgehead atoms. The van der Waals surface area contributed by atoms with E-state index in [1.54, 1.807) is 0 Å². The first-order valence-electron chi connectivity index (χ1n) is 5.18. The van der Waals surface area contributed by atoms with Crippen LogP contribution in [0.4, 0.5) is 0 Å². The van der Waals surface area contributed by atoms with Crippen LogP contribution < -0.4 is 4.72 Å². The van der Waals surface area contributed by atoms with E-state index in [9.17, 15) is 13.2 Å². The normalized spacial score (nSPS) is 10.8. The maximum absolute atomic E-state index is 11.9. The number of nitrogens with zero attached hydrogens (tertiary/aromatic N) is 1. The molecule has 0 aromatic heterocycles. The molecule has 0 aliphatic rings. The molecule has 0 radical (unpaired) electrons. The second-order valence-corrected chi connectivity index (χ2v) is 5.20. The highest BCUT2D eigenvalue weighted by Gasteiger charge is 2.20. The van der Waals surface area contributed by atoms with Gasteiger partial charge in [-0.15, -0.1) is 0 Å². The van der Waals surface area contributed by atoms with Crippen molar-refractivity contribution in [1.82, 2.24) is 4.72 Å². The van der Waals surface area contributed by atoms with Crippen molar-refractivity contribution < 1.29 is 18.3 Å². The summed E-state index contributed by atoms with van der Waals surface area (Å²) in [5.41, 5.74) is -0.273. The molecular formula is C11H12N2O4S. The van der Waals surface area contributed by atoms with Crippen LogP contribution in [0.1, 0.15) is 23.2 Å². The zero-order valence-corrected chi connectivity index (χ0v) is 10.3. The minimum absolute atomic E-state index is 0.101. The average Bonchev–Trinajstić information content (AvgIpc) is 2.35. The molecule has 0 saturated carbocycles. The lowest BCUT2D eigenvalue weighted by Gasteiger charge is -2.08. The van der Waals surface area contributed by atoms with Crippen LogP contribution in [-0.2, 0) is 10.0 Å². The van der Waals surface area contributed by atoms with E-state index in [-0.39, 0.29) is 23.4 Å². The second-order valence-electron chi connectivity index (χ2n) is 3.46. The van der Waals surface area contributed by atoms with Crippen LogP contribution >= 0.6 is 0 Å². The molecule has 0 unspecified atom stereocenters. The Bertz CT molecular complexity index is 575. The summed E-state index contributed by atoms with van der Waals surface area (Å²) in [6.07, 6.45) is 0.619. The molecule has 1 aromatic rings. The van der Waals surface area contributed by atoms with Crippen LogP contribution in [0.15, 0.2) is 29.2 Å². The van der Waals surface area contributed by atoms with Crippen LogP contribution in [0.25, 0.3) is 0 Å². The number of rotatable bonds is 6. The van der Waals surface area contributed by atoms with E-state index in [2.05, 4.69) is 4.72 Å². The van der Waals surface area contributed by atoms with Gasteiger partial charge < -0.3 is 5.11 Å². The van der Waals surface area contributed by atoms with E-state index in [1.165, 1.54) is 24.3 Å². The molecule has 0 atom stereocenters. The van der Waals surface area contributed by atoms with Gasteiger partial charge in [0.1, 0.15) is 0 Å². The van der Waals surface area contributed by atoms with Crippen LogP contribution in [0.5, 0.6) is 0 Å². The van der Waals surface area contributed by atoms with Crippen molar-refractivity contribution in [3.05, 3.63) is 29.8 Å². The van der Waals surface area contributed by atoms with Crippen molar-refractivity contribution in [2.24, 2.45) is 0 Å². The summed E-state index contributed by atoms with van der Waals surface area (Å²) in [6.45, 7) is 0.101. The van der Waals surface area contributed by atoms with E-state index in [0.29, 0.717) is 6.42 Å². The molecule has 0 aliphatic heterocycles. The number of aromatic carboxylic acids is 1. The maximum Gasteiger partial charge on any atom is 0.337 e. The van der Waals surface area contributed by atoms with E-state index >= 15 is 0 Å². The van der Waals surface area contributed by atoms with Gasteiger partial charge in [-0.2, -0.15) is 5.26 Å². The molecule has 0 amide bonds. The zero-order valence-electron chi connectivity index (χ0n) is 9.46. The third kappa shape index (κ3) is 3.55. The first-order valence-corrected chi connectivity index (χ1v) is 6.66. The van der Waals surface area contributed by atoms with Crippen molar-refractivity contribution in [2.45, 2.75) is 17.7 Å². The van der Waals surface area contributed by atoms with Crippen molar-refractivity contribution >= 4 is 16.0 Å².